The molecule has 0 saturated carbocycles. The first kappa shape index (κ1) is 22.5. The van der Waals surface area contributed by atoms with Gasteiger partial charge in [-0.05, 0) is 38.0 Å². The van der Waals surface area contributed by atoms with Gasteiger partial charge >= 0.3 is 0 Å². The van der Waals surface area contributed by atoms with Crippen LogP contribution in [0.3, 0.4) is 0 Å². The maximum Gasteiger partial charge on any atom is 0.267 e. The summed E-state index contributed by atoms with van der Waals surface area (Å²) in [5.74, 6) is 0.681. The van der Waals surface area contributed by atoms with Crippen molar-refractivity contribution in [3.63, 3.8) is 0 Å². The maximum absolute atomic E-state index is 13.8. The number of nitrogens with zero attached hydrogens (tertiary/aromatic N) is 4. The lowest BCUT2D eigenvalue weighted by Crippen LogP contribution is -2.46. The first-order valence-electron chi connectivity index (χ1n) is 11.8. The molecule has 2 aromatic carbocycles. The van der Waals surface area contributed by atoms with Crippen molar-refractivity contribution >= 4 is 21.9 Å². The van der Waals surface area contributed by atoms with E-state index >= 15 is 0 Å². The number of morpholine rings is 1. The van der Waals surface area contributed by atoms with Gasteiger partial charge in [-0.15, -0.1) is 0 Å². The lowest BCUT2D eigenvalue weighted by atomic mass is 10.1. The van der Waals surface area contributed by atoms with E-state index < -0.39 is 0 Å². The third-order valence-electron chi connectivity index (χ3n) is 6.61. The Labute approximate surface area is 198 Å². The van der Waals surface area contributed by atoms with Gasteiger partial charge in [0.15, 0.2) is 5.65 Å². The lowest BCUT2D eigenvalue weighted by Gasteiger charge is -2.35. The Morgan fingerprint density at radius 2 is 1.65 bits per heavy atom. The fraction of sp³-hybridized carbons (Fsp3) is 0.370. The highest BCUT2D eigenvalue weighted by Crippen LogP contribution is 2.18. The third-order valence-corrected chi connectivity index (χ3v) is 6.61. The summed E-state index contributed by atoms with van der Waals surface area (Å²) in [6.07, 6.45) is 0.911. The Hall–Kier alpha value is -3.29. The summed E-state index contributed by atoms with van der Waals surface area (Å²) >= 11 is 0. The van der Waals surface area contributed by atoms with Crippen molar-refractivity contribution in [2.45, 2.75) is 45.6 Å². The summed E-state index contributed by atoms with van der Waals surface area (Å²) in [6.45, 7) is 6.66. The van der Waals surface area contributed by atoms with Crippen LogP contribution in [-0.2, 0) is 31.3 Å². The highest BCUT2D eigenvalue weighted by atomic mass is 16.5. The van der Waals surface area contributed by atoms with Crippen molar-refractivity contribution in [3.05, 3.63) is 86.6 Å². The number of para-hydroxylation sites is 1. The normalized spacial score (nSPS) is 19.1. The number of hydrogen-bond donors (Lipinski definition) is 0. The van der Waals surface area contributed by atoms with E-state index in [-0.39, 0.29) is 28.6 Å². The van der Waals surface area contributed by atoms with E-state index in [0.717, 1.165) is 24.2 Å². The zero-order chi connectivity index (χ0) is 23.8. The SMILES string of the molecule is C[C@H]1CN(Cc2nc3c(c(=O)c4ccccc4n3C)c(=O)n2CCc2ccccc2)C[C@H](C)O1. The Balaban J connectivity index is 1.67. The van der Waals surface area contributed by atoms with Crippen LogP contribution in [0.25, 0.3) is 21.9 Å². The molecule has 0 spiro atoms. The smallest absolute Gasteiger partial charge is 0.267 e. The number of hydrogen-bond acceptors (Lipinski definition) is 5. The Bertz CT molecular complexity index is 1450. The molecule has 1 fully saturated rings. The van der Waals surface area contributed by atoms with Crippen LogP contribution in [0.5, 0.6) is 0 Å². The molecule has 0 aliphatic carbocycles. The van der Waals surface area contributed by atoms with Gasteiger partial charge in [-0.2, -0.15) is 0 Å². The number of aromatic nitrogens is 3. The first-order chi connectivity index (χ1) is 16.4. The van der Waals surface area contributed by atoms with E-state index in [1.54, 1.807) is 10.6 Å². The molecule has 3 heterocycles. The van der Waals surface area contributed by atoms with Crippen molar-refractivity contribution in [2.75, 3.05) is 13.1 Å². The van der Waals surface area contributed by atoms with Crippen LogP contribution < -0.4 is 11.0 Å². The highest BCUT2D eigenvalue weighted by Gasteiger charge is 2.25. The third kappa shape index (κ3) is 4.17. The number of benzene rings is 2. The van der Waals surface area contributed by atoms with Crippen molar-refractivity contribution in [1.29, 1.82) is 0 Å². The predicted octanol–water partition coefficient (Wildman–Crippen LogP) is 3.10. The largest absolute Gasteiger partial charge is 0.373 e. The molecule has 0 bridgehead atoms. The quantitative estimate of drug-likeness (QED) is 0.430. The molecule has 1 aliphatic rings. The molecule has 0 unspecified atom stereocenters. The summed E-state index contributed by atoms with van der Waals surface area (Å²) < 4.78 is 9.46. The van der Waals surface area contributed by atoms with Gasteiger partial charge in [0, 0.05) is 32.1 Å². The minimum absolute atomic E-state index is 0.113. The zero-order valence-corrected chi connectivity index (χ0v) is 19.9. The molecule has 34 heavy (non-hydrogen) atoms. The Morgan fingerprint density at radius 1 is 0.971 bits per heavy atom. The monoisotopic (exact) mass is 458 g/mol. The summed E-state index contributed by atoms with van der Waals surface area (Å²) in [5.41, 5.74) is 1.83. The van der Waals surface area contributed by atoms with E-state index in [1.807, 2.05) is 48.0 Å². The topological polar surface area (TPSA) is 69.4 Å². The fourth-order valence-corrected chi connectivity index (χ4v) is 5.08. The van der Waals surface area contributed by atoms with E-state index in [0.29, 0.717) is 36.4 Å². The second kappa shape index (κ2) is 9.16. The van der Waals surface area contributed by atoms with Gasteiger partial charge < -0.3 is 9.30 Å². The molecule has 1 aliphatic heterocycles. The van der Waals surface area contributed by atoms with Crippen molar-refractivity contribution < 1.29 is 4.74 Å². The predicted molar refractivity (Wildman–Crippen MR) is 134 cm³/mol. The molecule has 1 saturated heterocycles. The van der Waals surface area contributed by atoms with Gasteiger partial charge in [-0.25, -0.2) is 4.98 Å². The summed E-state index contributed by atoms with van der Waals surface area (Å²) in [5, 5.41) is 0.691. The molecule has 5 rings (SSSR count). The van der Waals surface area contributed by atoms with Gasteiger partial charge in [0.05, 0.1) is 24.3 Å². The van der Waals surface area contributed by atoms with Crippen LogP contribution in [0.1, 0.15) is 25.2 Å². The van der Waals surface area contributed by atoms with Gasteiger partial charge in [0.2, 0.25) is 5.43 Å². The minimum atomic E-state index is -0.267. The van der Waals surface area contributed by atoms with E-state index in [9.17, 15) is 9.59 Å². The number of fused-ring (bicyclic) bond motifs is 2. The van der Waals surface area contributed by atoms with E-state index in [4.69, 9.17) is 9.72 Å². The molecule has 0 radical (unpaired) electrons. The molecule has 2 atom stereocenters. The van der Waals surface area contributed by atoms with Crippen LogP contribution in [-0.4, -0.2) is 44.3 Å². The standard InChI is InChI=1S/C27H30N4O3/c1-18-15-30(16-19(2)34-18)17-23-28-26-24(25(32)21-11-7-8-12-22(21)29(26)3)27(33)31(23)14-13-20-9-5-4-6-10-20/h4-12,18-19H,13-17H2,1-3H3/t18-,19-/m0/s1. The molecule has 7 nitrogen and oxygen atoms in total. The van der Waals surface area contributed by atoms with E-state index in [1.165, 1.54) is 0 Å². The summed E-state index contributed by atoms with van der Waals surface area (Å²) in [7, 11) is 1.87. The Morgan fingerprint density at radius 3 is 2.38 bits per heavy atom. The maximum atomic E-state index is 13.8. The molecule has 176 valence electrons. The molecule has 2 aromatic heterocycles. The van der Waals surface area contributed by atoms with Crippen molar-refractivity contribution in [1.82, 2.24) is 19.0 Å². The van der Waals surface area contributed by atoms with Gasteiger partial charge in [-0.3, -0.25) is 19.1 Å². The number of aryl methyl sites for hydroxylation is 2. The van der Waals surface area contributed by atoms with E-state index in [2.05, 4.69) is 30.9 Å². The number of rotatable bonds is 5. The second-order valence-electron chi connectivity index (χ2n) is 9.28. The van der Waals surface area contributed by atoms with Gasteiger partial charge in [-0.1, -0.05) is 42.5 Å². The first-order valence-corrected chi connectivity index (χ1v) is 11.8. The van der Waals surface area contributed by atoms with Crippen LogP contribution in [0.4, 0.5) is 0 Å². The molecule has 0 amide bonds. The van der Waals surface area contributed by atoms with Crippen LogP contribution >= 0.6 is 0 Å². The molecular weight excluding hydrogens is 428 g/mol. The average Bonchev–Trinajstić information content (AvgIpc) is 2.82. The Kier molecular flexibility index (Phi) is 6.06. The van der Waals surface area contributed by atoms with Crippen LogP contribution in [0, 0.1) is 0 Å². The molecular formula is C27H30N4O3. The minimum Gasteiger partial charge on any atom is -0.373 e. The summed E-state index contributed by atoms with van der Waals surface area (Å²) in [6, 6.07) is 17.5. The second-order valence-corrected chi connectivity index (χ2v) is 9.28. The molecule has 0 N–H and O–H groups in total. The van der Waals surface area contributed by atoms with Crippen LogP contribution in [0.2, 0.25) is 0 Å². The van der Waals surface area contributed by atoms with Crippen molar-refractivity contribution in [3.8, 4) is 0 Å². The zero-order valence-electron chi connectivity index (χ0n) is 19.9. The lowest BCUT2D eigenvalue weighted by molar-refractivity contribution is -0.0713. The highest BCUT2D eigenvalue weighted by molar-refractivity contribution is 5.91. The van der Waals surface area contributed by atoms with Gasteiger partial charge in [0.1, 0.15) is 11.2 Å². The van der Waals surface area contributed by atoms with Crippen LogP contribution in [0.15, 0.2) is 64.2 Å². The average molecular weight is 459 g/mol. The molecule has 4 aromatic rings. The number of pyridine rings is 1. The van der Waals surface area contributed by atoms with Gasteiger partial charge in [0.25, 0.3) is 5.56 Å². The molecule has 7 heteroatoms. The summed E-state index contributed by atoms with van der Waals surface area (Å²) in [4.78, 5) is 34.4. The number of ether oxygens (including phenoxy) is 1. The fourth-order valence-electron chi connectivity index (χ4n) is 5.08. The van der Waals surface area contributed by atoms with Crippen molar-refractivity contribution in [2.24, 2.45) is 7.05 Å².